The zero-order valence-electron chi connectivity index (χ0n) is 19.8. The number of rotatable bonds is 8. The lowest BCUT2D eigenvalue weighted by atomic mass is 9.86. The molecule has 0 aromatic heterocycles. The van der Waals surface area contributed by atoms with E-state index in [9.17, 15) is 4.39 Å². The van der Waals surface area contributed by atoms with Crippen molar-refractivity contribution in [3.8, 4) is 0 Å². The minimum atomic E-state index is -0.273. The summed E-state index contributed by atoms with van der Waals surface area (Å²) in [6, 6.07) is 7.00. The van der Waals surface area contributed by atoms with Gasteiger partial charge in [0.25, 0.3) is 0 Å². The van der Waals surface area contributed by atoms with Crippen LogP contribution in [0.25, 0.3) is 0 Å². The fourth-order valence-electron chi connectivity index (χ4n) is 4.50. The molecule has 2 aliphatic rings. The van der Waals surface area contributed by atoms with E-state index in [0.717, 1.165) is 43.6 Å². The highest BCUT2D eigenvalue weighted by Crippen LogP contribution is 2.33. The van der Waals surface area contributed by atoms with Gasteiger partial charge in [-0.2, -0.15) is 5.10 Å². The molecule has 0 fully saturated rings. The van der Waals surface area contributed by atoms with Gasteiger partial charge in [-0.1, -0.05) is 87.2 Å². The molecule has 0 N–H and O–H groups in total. The molecule has 1 aromatic rings. The van der Waals surface area contributed by atoms with Crippen LogP contribution in [0.15, 0.2) is 107 Å². The van der Waals surface area contributed by atoms with Gasteiger partial charge >= 0.3 is 0 Å². The van der Waals surface area contributed by atoms with E-state index in [4.69, 9.17) is 0 Å². The second kappa shape index (κ2) is 12.1. The van der Waals surface area contributed by atoms with Crippen LogP contribution in [0.2, 0.25) is 0 Å². The van der Waals surface area contributed by atoms with E-state index in [1.54, 1.807) is 18.2 Å². The van der Waals surface area contributed by atoms with E-state index in [0.29, 0.717) is 17.7 Å². The van der Waals surface area contributed by atoms with E-state index < -0.39 is 0 Å². The maximum absolute atomic E-state index is 14.5. The number of nitrogens with zero attached hydrogens (tertiary/aromatic N) is 3. The van der Waals surface area contributed by atoms with Gasteiger partial charge in [-0.3, -0.25) is 0 Å². The number of allylic oxidation sites excluding steroid dienone is 7. The average Bonchev–Trinajstić information content (AvgIpc) is 2.83. The molecule has 1 unspecified atom stereocenters. The zero-order valence-corrected chi connectivity index (χ0v) is 19.8. The standard InChI is InChI=1S/C29H34FN3/c1-5-9-11-15-23-21-27(25-17-12-13-18-26(25)30)31-32-29(23)33-20-19-22(8-4)24(16-10-6-2)28(33)14-7-3/h5-6,8-13,15,17-18,28H,1,4,7,14,16,19-21H2,2-3H3/b10-6-,11-9-,23-15+. The topological polar surface area (TPSA) is 28.0 Å². The van der Waals surface area contributed by atoms with Crippen LogP contribution in [0, 0.1) is 5.82 Å². The van der Waals surface area contributed by atoms with Crippen molar-refractivity contribution < 1.29 is 4.39 Å². The number of hydrogen-bond acceptors (Lipinski definition) is 3. The van der Waals surface area contributed by atoms with E-state index >= 15 is 0 Å². The Bertz CT molecular complexity index is 1050. The van der Waals surface area contributed by atoms with Crippen LogP contribution < -0.4 is 0 Å². The summed E-state index contributed by atoms with van der Waals surface area (Å²) in [5.74, 6) is 0.605. The Morgan fingerprint density at radius 3 is 2.70 bits per heavy atom. The Morgan fingerprint density at radius 2 is 2.00 bits per heavy atom. The van der Waals surface area contributed by atoms with E-state index in [1.165, 1.54) is 17.2 Å². The highest BCUT2D eigenvalue weighted by atomic mass is 19.1. The van der Waals surface area contributed by atoms with Gasteiger partial charge in [-0.05, 0) is 43.4 Å². The molecule has 0 radical (unpaired) electrons. The minimum Gasteiger partial charge on any atom is -0.348 e. The van der Waals surface area contributed by atoms with Crippen LogP contribution in [0.3, 0.4) is 0 Å². The highest BCUT2D eigenvalue weighted by Gasteiger charge is 2.32. The maximum atomic E-state index is 14.5. The average molecular weight is 444 g/mol. The van der Waals surface area contributed by atoms with Gasteiger partial charge in [0.15, 0.2) is 5.84 Å². The lowest BCUT2D eigenvalue weighted by molar-refractivity contribution is 0.307. The summed E-state index contributed by atoms with van der Waals surface area (Å²) in [4.78, 5) is 2.39. The summed E-state index contributed by atoms with van der Waals surface area (Å²) < 4.78 is 14.5. The van der Waals surface area contributed by atoms with Crippen molar-refractivity contribution in [2.75, 3.05) is 6.54 Å². The zero-order chi connectivity index (χ0) is 23.6. The Hall–Kier alpha value is -3.27. The highest BCUT2D eigenvalue weighted by molar-refractivity contribution is 6.12. The first-order valence-electron chi connectivity index (χ1n) is 11.7. The molecule has 3 rings (SSSR count). The van der Waals surface area contributed by atoms with Gasteiger partial charge in [0, 0.05) is 24.1 Å². The third-order valence-corrected chi connectivity index (χ3v) is 6.11. The number of hydrogen-bond donors (Lipinski definition) is 0. The minimum absolute atomic E-state index is 0.240. The lowest BCUT2D eigenvalue weighted by Crippen LogP contribution is -2.46. The molecule has 0 saturated heterocycles. The van der Waals surface area contributed by atoms with Gasteiger partial charge in [0.2, 0.25) is 0 Å². The van der Waals surface area contributed by atoms with Crippen molar-refractivity contribution in [2.24, 2.45) is 10.2 Å². The number of halogens is 1. The van der Waals surface area contributed by atoms with Gasteiger partial charge in [-0.25, -0.2) is 4.39 Å². The summed E-state index contributed by atoms with van der Waals surface area (Å²) in [7, 11) is 0. The SMILES string of the molecule is C=C/C=C\C=C1/CC(c2ccccc2F)=NN=C1N1CCC(C=C)=C(C/C=C\C)C1CCC. The maximum Gasteiger partial charge on any atom is 0.155 e. The molecule has 0 saturated carbocycles. The molecule has 1 atom stereocenters. The van der Waals surface area contributed by atoms with Gasteiger partial charge in [0.1, 0.15) is 5.82 Å². The third-order valence-electron chi connectivity index (χ3n) is 6.11. The third kappa shape index (κ3) is 5.75. The largest absolute Gasteiger partial charge is 0.348 e. The first kappa shape index (κ1) is 24.4. The van der Waals surface area contributed by atoms with Gasteiger partial charge in [-0.15, -0.1) is 5.10 Å². The molecular formula is C29H34FN3. The Labute approximate surface area is 197 Å². The van der Waals surface area contributed by atoms with Crippen molar-refractivity contribution >= 4 is 11.5 Å². The molecule has 0 amide bonds. The molecular weight excluding hydrogens is 409 g/mol. The smallest absolute Gasteiger partial charge is 0.155 e. The fourth-order valence-corrected chi connectivity index (χ4v) is 4.50. The van der Waals surface area contributed by atoms with Gasteiger partial charge in [0.05, 0.1) is 11.8 Å². The van der Waals surface area contributed by atoms with Crippen LogP contribution >= 0.6 is 0 Å². The summed E-state index contributed by atoms with van der Waals surface area (Å²) >= 11 is 0. The molecule has 33 heavy (non-hydrogen) atoms. The molecule has 2 aliphatic heterocycles. The lowest BCUT2D eigenvalue weighted by Gasteiger charge is -2.41. The first-order valence-corrected chi connectivity index (χ1v) is 11.7. The molecule has 0 aliphatic carbocycles. The number of amidine groups is 1. The first-order chi connectivity index (χ1) is 16.1. The Kier molecular flexibility index (Phi) is 8.94. The molecule has 0 bridgehead atoms. The molecule has 3 nitrogen and oxygen atoms in total. The summed E-state index contributed by atoms with van der Waals surface area (Å²) in [5.41, 5.74) is 4.94. The predicted octanol–water partition coefficient (Wildman–Crippen LogP) is 7.32. The predicted molar refractivity (Wildman–Crippen MR) is 139 cm³/mol. The number of benzene rings is 1. The Morgan fingerprint density at radius 1 is 1.18 bits per heavy atom. The molecule has 4 heteroatoms. The van der Waals surface area contributed by atoms with Crippen LogP contribution in [-0.2, 0) is 0 Å². The second-order valence-electron chi connectivity index (χ2n) is 8.22. The normalized spacial score (nSPS) is 20.5. The van der Waals surface area contributed by atoms with Crippen molar-refractivity contribution in [3.63, 3.8) is 0 Å². The van der Waals surface area contributed by atoms with Crippen LogP contribution in [-0.4, -0.2) is 29.0 Å². The molecule has 172 valence electrons. The molecule has 0 spiro atoms. The van der Waals surface area contributed by atoms with Crippen molar-refractivity contribution in [1.82, 2.24) is 4.90 Å². The van der Waals surface area contributed by atoms with E-state index in [-0.39, 0.29) is 11.9 Å². The van der Waals surface area contributed by atoms with Crippen LogP contribution in [0.5, 0.6) is 0 Å². The van der Waals surface area contributed by atoms with Crippen molar-refractivity contribution in [2.45, 2.75) is 52.0 Å². The monoisotopic (exact) mass is 443 g/mol. The quantitative estimate of drug-likeness (QED) is 0.305. The fraction of sp³-hybridized carbons (Fsp3) is 0.310. The van der Waals surface area contributed by atoms with E-state index in [1.807, 2.05) is 24.3 Å². The second-order valence-corrected chi connectivity index (χ2v) is 8.22. The van der Waals surface area contributed by atoms with Crippen LogP contribution in [0.1, 0.15) is 51.5 Å². The van der Waals surface area contributed by atoms with Crippen molar-refractivity contribution in [3.05, 3.63) is 108 Å². The summed E-state index contributed by atoms with van der Waals surface area (Å²) in [6.45, 7) is 13.0. The Balaban J connectivity index is 2.07. The summed E-state index contributed by atoms with van der Waals surface area (Å²) in [6.07, 6.45) is 18.4. The van der Waals surface area contributed by atoms with Gasteiger partial charge < -0.3 is 4.90 Å². The molecule has 2 heterocycles. The van der Waals surface area contributed by atoms with Crippen LogP contribution in [0.4, 0.5) is 4.39 Å². The van der Waals surface area contributed by atoms with E-state index in [2.05, 4.69) is 60.3 Å². The van der Waals surface area contributed by atoms with Crippen molar-refractivity contribution in [1.29, 1.82) is 0 Å². The molecule has 1 aromatic carbocycles. The summed E-state index contributed by atoms with van der Waals surface area (Å²) in [5, 5.41) is 9.18.